The van der Waals surface area contributed by atoms with Gasteiger partial charge in [-0.1, -0.05) is 12.1 Å². The van der Waals surface area contributed by atoms with Gasteiger partial charge in [0.25, 0.3) is 0 Å². The van der Waals surface area contributed by atoms with Gasteiger partial charge in [0.15, 0.2) is 0 Å². The molecule has 0 radical (unpaired) electrons. The Morgan fingerprint density at radius 2 is 1.63 bits per heavy atom. The van der Waals surface area contributed by atoms with E-state index >= 15 is 0 Å². The van der Waals surface area contributed by atoms with Gasteiger partial charge in [-0.05, 0) is 49.2 Å². The van der Waals surface area contributed by atoms with E-state index in [1.54, 1.807) is 0 Å². The van der Waals surface area contributed by atoms with Crippen LogP contribution in [0.3, 0.4) is 0 Å². The molecule has 2 rings (SSSR count). The summed E-state index contributed by atoms with van der Waals surface area (Å²) in [5.74, 6) is 0. The summed E-state index contributed by atoms with van der Waals surface area (Å²) in [4.78, 5) is 6.43. The Balaban J connectivity index is 2.19. The molecule has 0 spiro atoms. The van der Waals surface area contributed by atoms with Crippen molar-refractivity contribution >= 4 is 5.69 Å². The molecule has 0 fully saturated rings. The molecular weight excluding hydrogens is 234 g/mol. The van der Waals surface area contributed by atoms with Crippen LogP contribution in [-0.2, 0) is 13.1 Å². The molecule has 100 valence electrons. The summed E-state index contributed by atoms with van der Waals surface area (Å²) in [6, 6.07) is 13.0. The second kappa shape index (κ2) is 6.34. The molecule has 1 heterocycles. The van der Waals surface area contributed by atoms with Gasteiger partial charge in [-0.2, -0.15) is 0 Å². The smallest absolute Gasteiger partial charge is 0.0433 e. The Labute approximate surface area is 115 Å². The van der Waals surface area contributed by atoms with Crippen molar-refractivity contribution in [3.8, 4) is 0 Å². The highest BCUT2D eigenvalue weighted by molar-refractivity contribution is 5.49. The summed E-state index contributed by atoms with van der Waals surface area (Å²) in [5, 5.41) is 0. The predicted octanol–water partition coefficient (Wildman–Crippen LogP) is 2.96. The topological polar surface area (TPSA) is 42.2 Å². The molecular formula is C16H21N3. The Morgan fingerprint density at radius 1 is 1.00 bits per heavy atom. The average molecular weight is 255 g/mol. The minimum absolute atomic E-state index is 0.442. The lowest BCUT2D eigenvalue weighted by Crippen LogP contribution is -2.30. The number of pyridine rings is 1. The minimum Gasteiger partial charge on any atom is -0.365 e. The van der Waals surface area contributed by atoms with Crippen molar-refractivity contribution in [1.82, 2.24) is 4.98 Å². The molecule has 0 bridgehead atoms. The van der Waals surface area contributed by atoms with Gasteiger partial charge in [0, 0.05) is 37.2 Å². The van der Waals surface area contributed by atoms with Crippen molar-refractivity contribution in [2.24, 2.45) is 5.73 Å². The first-order valence-corrected chi connectivity index (χ1v) is 6.65. The fourth-order valence-corrected chi connectivity index (χ4v) is 2.08. The van der Waals surface area contributed by atoms with E-state index < -0.39 is 0 Å². The molecule has 0 aliphatic carbocycles. The lowest BCUT2D eigenvalue weighted by atomic mass is 10.1. The van der Waals surface area contributed by atoms with Crippen LogP contribution in [-0.4, -0.2) is 11.0 Å². The molecule has 0 aliphatic heterocycles. The number of rotatable bonds is 5. The maximum absolute atomic E-state index is 5.64. The van der Waals surface area contributed by atoms with Crippen molar-refractivity contribution < 1.29 is 0 Å². The van der Waals surface area contributed by atoms with Crippen LogP contribution in [0.4, 0.5) is 5.69 Å². The van der Waals surface area contributed by atoms with Crippen molar-refractivity contribution in [3.05, 3.63) is 59.9 Å². The molecule has 0 saturated heterocycles. The second-order valence-corrected chi connectivity index (χ2v) is 4.95. The molecule has 0 unspecified atom stereocenters. The zero-order valence-electron chi connectivity index (χ0n) is 11.6. The lowest BCUT2D eigenvalue weighted by Gasteiger charge is -2.29. The number of hydrogen-bond donors (Lipinski definition) is 1. The maximum atomic E-state index is 5.64. The van der Waals surface area contributed by atoms with Gasteiger partial charge in [0.05, 0.1) is 0 Å². The van der Waals surface area contributed by atoms with E-state index in [2.05, 4.69) is 60.1 Å². The molecule has 2 aromatic rings. The first-order chi connectivity index (χ1) is 9.20. The van der Waals surface area contributed by atoms with Gasteiger partial charge in [0.2, 0.25) is 0 Å². The van der Waals surface area contributed by atoms with Crippen molar-refractivity contribution in [2.45, 2.75) is 33.0 Å². The Kier molecular flexibility index (Phi) is 4.53. The summed E-state index contributed by atoms with van der Waals surface area (Å²) in [6.45, 7) is 5.89. The highest BCUT2D eigenvalue weighted by atomic mass is 15.1. The van der Waals surface area contributed by atoms with Crippen molar-refractivity contribution in [2.75, 3.05) is 4.90 Å². The summed E-state index contributed by atoms with van der Waals surface area (Å²) < 4.78 is 0. The average Bonchev–Trinajstić information content (AvgIpc) is 2.46. The largest absolute Gasteiger partial charge is 0.365 e. The molecule has 1 aromatic carbocycles. The Hall–Kier alpha value is -1.87. The molecule has 3 nitrogen and oxygen atoms in total. The Morgan fingerprint density at radius 3 is 2.16 bits per heavy atom. The summed E-state index contributed by atoms with van der Waals surface area (Å²) in [5.41, 5.74) is 9.30. The number of nitrogens with two attached hydrogens (primary N) is 1. The fourth-order valence-electron chi connectivity index (χ4n) is 2.08. The fraction of sp³-hybridized carbons (Fsp3) is 0.312. The molecule has 0 atom stereocenters. The SMILES string of the molecule is CC(C)N(Cc1ccncc1)c1ccc(CN)cc1. The van der Waals surface area contributed by atoms with Crippen molar-refractivity contribution in [3.63, 3.8) is 0 Å². The van der Waals surface area contributed by atoms with Crippen LogP contribution in [0.5, 0.6) is 0 Å². The molecule has 0 amide bonds. The number of hydrogen-bond acceptors (Lipinski definition) is 3. The predicted molar refractivity (Wildman–Crippen MR) is 79.9 cm³/mol. The van der Waals surface area contributed by atoms with E-state index in [9.17, 15) is 0 Å². The number of anilines is 1. The van der Waals surface area contributed by atoms with E-state index in [4.69, 9.17) is 5.73 Å². The van der Waals surface area contributed by atoms with Crippen LogP contribution in [0.25, 0.3) is 0 Å². The third-order valence-corrected chi connectivity index (χ3v) is 3.23. The van der Waals surface area contributed by atoms with E-state index in [1.807, 2.05) is 12.4 Å². The van der Waals surface area contributed by atoms with Gasteiger partial charge in [-0.3, -0.25) is 4.98 Å². The monoisotopic (exact) mass is 255 g/mol. The van der Waals surface area contributed by atoms with E-state index in [-0.39, 0.29) is 0 Å². The van der Waals surface area contributed by atoms with Crippen LogP contribution in [0.15, 0.2) is 48.8 Å². The zero-order valence-corrected chi connectivity index (χ0v) is 11.6. The van der Waals surface area contributed by atoms with E-state index in [0.717, 1.165) is 12.1 Å². The minimum atomic E-state index is 0.442. The van der Waals surface area contributed by atoms with E-state index in [1.165, 1.54) is 11.3 Å². The molecule has 3 heteroatoms. The summed E-state index contributed by atoms with van der Waals surface area (Å²) in [6.07, 6.45) is 3.68. The van der Waals surface area contributed by atoms with E-state index in [0.29, 0.717) is 12.6 Å². The Bertz CT molecular complexity index is 491. The molecule has 0 aliphatic rings. The summed E-state index contributed by atoms with van der Waals surface area (Å²) in [7, 11) is 0. The number of nitrogens with zero attached hydrogens (tertiary/aromatic N) is 2. The van der Waals surface area contributed by atoms with Crippen LogP contribution < -0.4 is 10.6 Å². The highest BCUT2D eigenvalue weighted by Gasteiger charge is 2.11. The first kappa shape index (κ1) is 13.6. The molecule has 2 N–H and O–H groups in total. The quantitative estimate of drug-likeness (QED) is 0.893. The first-order valence-electron chi connectivity index (χ1n) is 6.65. The van der Waals surface area contributed by atoms with Crippen LogP contribution in [0.2, 0.25) is 0 Å². The van der Waals surface area contributed by atoms with Crippen LogP contribution in [0, 0.1) is 0 Å². The van der Waals surface area contributed by atoms with Crippen LogP contribution >= 0.6 is 0 Å². The van der Waals surface area contributed by atoms with Crippen LogP contribution in [0.1, 0.15) is 25.0 Å². The third-order valence-electron chi connectivity index (χ3n) is 3.23. The third kappa shape index (κ3) is 3.55. The van der Waals surface area contributed by atoms with Gasteiger partial charge < -0.3 is 10.6 Å². The molecule has 19 heavy (non-hydrogen) atoms. The van der Waals surface area contributed by atoms with Gasteiger partial charge >= 0.3 is 0 Å². The summed E-state index contributed by atoms with van der Waals surface area (Å²) >= 11 is 0. The number of aromatic nitrogens is 1. The second-order valence-electron chi connectivity index (χ2n) is 4.95. The van der Waals surface area contributed by atoms with Gasteiger partial charge in [-0.25, -0.2) is 0 Å². The number of benzene rings is 1. The lowest BCUT2D eigenvalue weighted by molar-refractivity contribution is 0.682. The van der Waals surface area contributed by atoms with Gasteiger partial charge in [-0.15, -0.1) is 0 Å². The molecule has 0 saturated carbocycles. The highest BCUT2D eigenvalue weighted by Crippen LogP contribution is 2.20. The standard InChI is InChI=1S/C16H21N3/c1-13(2)19(12-15-7-9-18-10-8-15)16-5-3-14(11-17)4-6-16/h3-10,13H,11-12,17H2,1-2H3. The maximum Gasteiger partial charge on any atom is 0.0433 e. The zero-order chi connectivity index (χ0) is 13.7. The normalized spacial score (nSPS) is 10.7. The van der Waals surface area contributed by atoms with Gasteiger partial charge in [0.1, 0.15) is 0 Å². The molecule has 1 aromatic heterocycles. The van der Waals surface area contributed by atoms with Crippen molar-refractivity contribution in [1.29, 1.82) is 0 Å².